The van der Waals surface area contributed by atoms with Crippen LogP contribution in [0.3, 0.4) is 0 Å². The first kappa shape index (κ1) is 23.9. The monoisotopic (exact) mass is 524 g/mol. The molecule has 8 heteroatoms. The van der Waals surface area contributed by atoms with E-state index in [-0.39, 0.29) is 31.7 Å². The number of ether oxygens (including phenoxy) is 2. The molecule has 2 aliphatic rings. The third-order valence-electron chi connectivity index (χ3n) is 6.75. The summed E-state index contributed by atoms with van der Waals surface area (Å²) < 4.78 is 24.4. The molecule has 0 fully saturated rings. The maximum absolute atomic E-state index is 13.8. The molecule has 0 spiro atoms. The van der Waals surface area contributed by atoms with E-state index >= 15 is 0 Å². The molecule has 0 saturated carbocycles. The first-order chi connectivity index (χ1) is 18.5. The summed E-state index contributed by atoms with van der Waals surface area (Å²) in [5, 5.41) is 2.93. The number of nitrogens with zero attached hydrogens (tertiary/aromatic N) is 1. The molecule has 38 heavy (non-hydrogen) atoms. The Labute approximate surface area is 222 Å². The number of carbonyl (C=O) groups is 2. The molecular formula is C30H24N2O5S. The Morgan fingerprint density at radius 2 is 1.71 bits per heavy atom. The van der Waals surface area contributed by atoms with Gasteiger partial charge in [0, 0.05) is 12.1 Å². The van der Waals surface area contributed by atoms with Gasteiger partial charge in [-0.25, -0.2) is 4.21 Å². The van der Waals surface area contributed by atoms with Gasteiger partial charge < -0.3 is 19.7 Å². The van der Waals surface area contributed by atoms with Crippen LogP contribution in [0.5, 0.6) is 11.5 Å². The zero-order valence-corrected chi connectivity index (χ0v) is 21.4. The quantitative estimate of drug-likeness (QED) is 0.398. The molecule has 0 unspecified atom stereocenters. The van der Waals surface area contributed by atoms with E-state index in [4.69, 9.17) is 9.47 Å². The number of aryl methyl sites for hydroxylation is 1. The first-order valence-electron chi connectivity index (χ1n) is 12.2. The van der Waals surface area contributed by atoms with Crippen LogP contribution < -0.4 is 19.7 Å². The summed E-state index contributed by atoms with van der Waals surface area (Å²) in [7, 11) is -1.59. The van der Waals surface area contributed by atoms with E-state index in [9.17, 15) is 13.8 Å². The molecule has 190 valence electrons. The number of nitrogens with one attached hydrogen (secondary N) is 1. The van der Waals surface area contributed by atoms with E-state index in [1.807, 2.05) is 49.4 Å². The topological polar surface area (TPSA) is 84.9 Å². The summed E-state index contributed by atoms with van der Waals surface area (Å²) in [5.41, 5.74) is 4.10. The maximum Gasteiger partial charge on any atom is 0.259 e. The van der Waals surface area contributed by atoms with Crippen LogP contribution in [0.4, 0.5) is 5.69 Å². The highest BCUT2D eigenvalue weighted by molar-refractivity contribution is 7.85. The van der Waals surface area contributed by atoms with Crippen molar-refractivity contribution in [1.29, 1.82) is 0 Å². The van der Waals surface area contributed by atoms with Crippen molar-refractivity contribution in [2.24, 2.45) is 0 Å². The van der Waals surface area contributed by atoms with Crippen LogP contribution in [0.25, 0.3) is 0 Å². The number of hydrogen-bond donors (Lipinski definition) is 1. The molecule has 0 aliphatic carbocycles. The summed E-state index contributed by atoms with van der Waals surface area (Å²) in [5.74, 6) is 0.766. The zero-order valence-electron chi connectivity index (χ0n) is 20.6. The second-order valence-electron chi connectivity index (χ2n) is 9.14. The van der Waals surface area contributed by atoms with Gasteiger partial charge in [0.25, 0.3) is 11.8 Å². The Kier molecular flexibility index (Phi) is 6.17. The fourth-order valence-corrected chi connectivity index (χ4v) is 6.00. The van der Waals surface area contributed by atoms with Gasteiger partial charge in [0.1, 0.15) is 0 Å². The van der Waals surface area contributed by atoms with Crippen LogP contribution in [0.2, 0.25) is 0 Å². The van der Waals surface area contributed by atoms with E-state index in [2.05, 4.69) is 5.32 Å². The van der Waals surface area contributed by atoms with Crippen LogP contribution in [-0.4, -0.2) is 22.8 Å². The summed E-state index contributed by atoms with van der Waals surface area (Å²) in [6.07, 6.45) is 0. The number of amides is 2. The summed E-state index contributed by atoms with van der Waals surface area (Å²) in [4.78, 5) is 29.6. The highest BCUT2D eigenvalue weighted by Gasteiger charge is 2.31. The molecule has 2 heterocycles. The number of fused-ring (bicyclic) bond motifs is 3. The Morgan fingerprint density at radius 3 is 2.58 bits per heavy atom. The number of rotatable bonds is 5. The van der Waals surface area contributed by atoms with Crippen molar-refractivity contribution in [2.45, 2.75) is 29.8 Å². The smallest absolute Gasteiger partial charge is 0.259 e. The molecule has 0 saturated heterocycles. The number of anilines is 1. The molecule has 0 aromatic heterocycles. The minimum atomic E-state index is -1.59. The van der Waals surface area contributed by atoms with Crippen molar-refractivity contribution in [1.82, 2.24) is 5.32 Å². The lowest BCUT2D eigenvalue weighted by Gasteiger charge is -2.24. The van der Waals surface area contributed by atoms with E-state index in [0.29, 0.717) is 38.1 Å². The Hall–Kier alpha value is -4.43. The molecule has 1 atom stereocenters. The molecule has 6 rings (SSSR count). The Morgan fingerprint density at radius 1 is 0.921 bits per heavy atom. The number of benzene rings is 4. The molecule has 2 aliphatic heterocycles. The van der Waals surface area contributed by atoms with Gasteiger partial charge in [-0.15, -0.1) is 0 Å². The number of hydrogen-bond acceptors (Lipinski definition) is 5. The van der Waals surface area contributed by atoms with Crippen molar-refractivity contribution in [3.05, 3.63) is 113 Å². The van der Waals surface area contributed by atoms with Gasteiger partial charge in [0.2, 0.25) is 6.79 Å². The fourth-order valence-electron chi connectivity index (χ4n) is 4.65. The van der Waals surface area contributed by atoms with Crippen LogP contribution in [0.15, 0.2) is 94.7 Å². The SMILES string of the molecule is Cc1ccccc1CN1C(=O)c2ccccc2[S@](=O)c2ccc(C(=O)NCc3ccc4c(c3)OCO4)cc21. The maximum atomic E-state index is 13.8. The van der Waals surface area contributed by atoms with Crippen LogP contribution in [-0.2, 0) is 23.9 Å². The molecule has 4 aromatic rings. The van der Waals surface area contributed by atoms with Gasteiger partial charge in [-0.05, 0) is 66.1 Å². The van der Waals surface area contributed by atoms with Crippen LogP contribution in [0.1, 0.15) is 37.4 Å². The first-order valence-corrected chi connectivity index (χ1v) is 13.3. The second-order valence-corrected chi connectivity index (χ2v) is 10.6. The molecule has 0 radical (unpaired) electrons. The molecule has 1 N–H and O–H groups in total. The summed E-state index contributed by atoms with van der Waals surface area (Å²) >= 11 is 0. The Bertz CT molecular complexity index is 1620. The molecule has 2 amide bonds. The van der Waals surface area contributed by atoms with Crippen LogP contribution >= 0.6 is 0 Å². The largest absolute Gasteiger partial charge is 0.454 e. The predicted molar refractivity (Wildman–Crippen MR) is 143 cm³/mol. The average molecular weight is 525 g/mol. The van der Waals surface area contributed by atoms with Crippen molar-refractivity contribution >= 4 is 28.3 Å². The lowest BCUT2D eigenvalue weighted by Crippen LogP contribution is -2.31. The third-order valence-corrected chi connectivity index (χ3v) is 8.25. The molecule has 4 aromatic carbocycles. The van der Waals surface area contributed by atoms with Crippen molar-refractivity contribution < 1.29 is 23.3 Å². The van der Waals surface area contributed by atoms with Crippen molar-refractivity contribution in [3.63, 3.8) is 0 Å². The van der Waals surface area contributed by atoms with Gasteiger partial charge in [-0.2, -0.15) is 0 Å². The third kappa shape index (κ3) is 4.33. The van der Waals surface area contributed by atoms with Crippen molar-refractivity contribution in [2.75, 3.05) is 11.7 Å². The van der Waals surface area contributed by atoms with E-state index in [1.54, 1.807) is 47.4 Å². The standard InChI is InChI=1S/C30H24N2O5S/c1-19-6-2-3-7-22(19)17-32-24-15-21(29(33)31-16-20-10-12-25-26(14-20)37-18-36-25)11-13-28(24)38(35)27-9-5-4-8-23(27)30(32)34/h2-15H,16-18H2,1H3,(H,31,33)/t38-/m0/s1. The molecular weight excluding hydrogens is 500 g/mol. The average Bonchev–Trinajstić information content (AvgIpc) is 3.40. The van der Waals surface area contributed by atoms with Gasteiger partial charge in [0.05, 0.1) is 38.4 Å². The zero-order chi connectivity index (χ0) is 26.2. The highest BCUT2D eigenvalue weighted by atomic mass is 32.2. The lowest BCUT2D eigenvalue weighted by molar-refractivity contribution is 0.0947. The van der Waals surface area contributed by atoms with Gasteiger partial charge in [-0.1, -0.05) is 42.5 Å². The molecule has 7 nitrogen and oxygen atoms in total. The number of carbonyl (C=O) groups excluding carboxylic acids is 2. The highest BCUT2D eigenvalue weighted by Crippen LogP contribution is 2.36. The van der Waals surface area contributed by atoms with Gasteiger partial charge in [-0.3, -0.25) is 9.59 Å². The van der Waals surface area contributed by atoms with E-state index < -0.39 is 10.8 Å². The second kappa shape index (κ2) is 9.79. The van der Waals surface area contributed by atoms with E-state index in [1.165, 1.54) is 0 Å². The van der Waals surface area contributed by atoms with Crippen LogP contribution in [0, 0.1) is 6.92 Å². The van der Waals surface area contributed by atoms with Gasteiger partial charge >= 0.3 is 0 Å². The van der Waals surface area contributed by atoms with E-state index in [0.717, 1.165) is 16.7 Å². The summed E-state index contributed by atoms with van der Waals surface area (Å²) in [6, 6.07) is 25.3. The lowest BCUT2D eigenvalue weighted by atomic mass is 10.1. The minimum absolute atomic E-state index is 0.184. The fraction of sp³-hybridized carbons (Fsp3) is 0.133. The summed E-state index contributed by atoms with van der Waals surface area (Å²) in [6.45, 7) is 2.75. The minimum Gasteiger partial charge on any atom is -0.454 e. The van der Waals surface area contributed by atoms with Crippen molar-refractivity contribution in [3.8, 4) is 11.5 Å². The van der Waals surface area contributed by atoms with Gasteiger partial charge in [0.15, 0.2) is 11.5 Å². The predicted octanol–water partition coefficient (Wildman–Crippen LogP) is 4.98. The Balaban J connectivity index is 1.35. The normalized spacial score (nSPS) is 15.4. The molecule has 0 bridgehead atoms.